The van der Waals surface area contributed by atoms with E-state index in [0.29, 0.717) is 18.8 Å². The fourth-order valence-corrected chi connectivity index (χ4v) is 3.59. The summed E-state index contributed by atoms with van der Waals surface area (Å²) in [6, 6.07) is -0.328. The lowest BCUT2D eigenvalue weighted by Gasteiger charge is -2.33. The first kappa shape index (κ1) is 14.4. The van der Waals surface area contributed by atoms with E-state index in [9.17, 15) is 13.5 Å². The fourth-order valence-electron chi connectivity index (χ4n) is 2.18. The van der Waals surface area contributed by atoms with Crippen LogP contribution in [0.2, 0.25) is 0 Å². The molecule has 1 aromatic rings. The van der Waals surface area contributed by atoms with E-state index in [1.165, 1.54) is 10.6 Å². The van der Waals surface area contributed by atoms with E-state index in [1.54, 1.807) is 11.6 Å². The number of rotatable bonds is 5. The third kappa shape index (κ3) is 3.30. The van der Waals surface area contributed by atoms with Crippen molar-refractivity contribution >= 4 is 10.2 Å². The summed E-state index contributed by atoms with van der Waals surface area (Å²) in [5.74, 6) is 0.543. The van der Waals surface area contributed by atoms with E-state index in [4.69, 9.17) is 0 Å². The minimum absolute atomic E-state index is 0.0908. The van der Waals surface area contributed by atoms with Gasteiger partial charge < -0.3 is 9.67 Å². The van der Waals surface area contributed by atoms with Gasteiger partial charge in [0.15, 0.2) is 0 Å². The second-order valence-corrected chi connectivity index (χ2v) is 6.33. The standard InChI is InChI=1S/C10H19N5O3S/c1-14-8-11-13-10(14)6-12-19(17,18)15-5-3-2-4-9(15)7-16/h8-9,12,16H,2-7H2,1H3. The lowest BCUT2D eigenvalue weighted by molar-refractivity contribution is 0.154. The van der Waals surface area contributed by atoms with Crippen LogP contribution in [-0.4, -0.2) is 51.8 Å². The van der Waals surface area contributed by atoms with Gasteiger partial charge in [0, 0.05) is 19.6 Å². The van der Waals surface area contributed by atoms with E-state index < -0.39 is 10.2 Å². The Morgan fingerprint density at radius 3 is 2.95 bits per heavy atom. The molecule has 0 aromatic carbocycles. The third-order valence-corrected chi connectivity index (χ3v) is 4.92. The Balaban J connectivity index is 2.03. The van der Waals surface area contributed by atoms with Crippen LogP contribution in [0.25, 0.3) is 0 Å². The summed E-state index contributed by atoms with van der Waals surface area (Å²) in [6.07, 6.45) is 3.98. The van der Waals surface area contributed by atoms with Crippen LogP contribution in [-0.2, 0) is 23.8 Å². The van der Waals surface area contributed by atoms with Crippen molar-refractivity contribution in [2.45, 2.75) is 31.8 Å². The lowest BCUT2D eigenvalue weighted by Crippen LogP contribution is -2.50. The number of nitrogens with one attached hydrogen (secondary N) is 1. The summed E-state index contributed by atoms with van der Waals surface area (Å²) < 4.78 is 29.9. The van der Waals surface area contributed by atoms with E-state index in [-0.39, 0.29) is 19.2 Å². The van der Waals surface area contributed by atoms with Crippen LogP contribution >= 0.6 is 0 Å². The van der Waals surface area contributed by atoms with Crippen molar-refractivity contribution in [3.63, 3.8) is 0 Å². The summed E-state index contributed by atoms with van der Waals surface area (Å²) in [4.78, 5) is 0. The first-order valence-corrected chi connectivity index (χ1v) is 7.69. The van der Waals surface area contributed by atoms with Crippen LogP contribution in [0.1, 0.15) is 25.1 Å². The smallest absolute Gasteiger partial charge is 0.280 e. The molecule has 1 atom stereocenters. The van der Waals surface area contributed by atoms with Crippen molar-refractivity contribution in [2.24, 2.45) is 7.05 Å². The van der Waals surface area contributed by atoms with Gasteiger partial charge in [0.05, 0.1) is 13.2 Å². The second-order valence-electron chi connectivity index (χ2n) is 4.63. The summed E-state index contributed by atoms with van der Waals surface area (Å²) in [6.45, 7) is 0.387. The summed E-state index contributed by atoms with van der Waals surface area (Å²) in [5, 5.41) is 16.8. The highest BCUT2D eigenvalue weighted by molar-refractivity contribution is 7.87. The molecule has 108 valence electrons. The molecule has 0 amide bonds. The SMILES string of the molecule is Cn1cnnc1CNS(=O)(=O)N1CCCCC1CO. The number of piperidine rings is 1. The first-order valence-electron chi connectivity index (χ1n) is 6.25. The largest absolute Gasteiger partial charge is 0.395 e. The van der Waals surface area contributed by atoms with Gasteiger partial charge >= 0.3 is 0 Å². The van der Waals surface area contributed by atoms with Crippen molar-refractivity contribution in [3.8, 4) is 0 Å². The number of hydrogen-bond acceptors (Lipinski definition) is 5. The number of aliphatic hydroxyl groups is 1. The highest BCUT2D eigenvalue weighted by Crippen LogP contribution is 2.19. The quantitative estimate of drug-likeness (QED) is 0.724. The topological polar surface area (TPSA) is 100 Å². The third-order valence-electron chi connectivity index (χ3n) is 3.31. The maximum atomic E-state index is 12.2. The highest BCUT2D eigenvalue weighted by atomic mass is 32.2. The lowest BCUT2D eigenvalue weighted by atomic mass is 10.1. The molecule has 2 heterocycles. The van der Waals surface area contributed by atoms with Gasteiger partial charge in [0.2, 0.25) is 0 Å². The zero-order valence-electron chi connectivity index (χ0n) is 10.9. The minimum atomic E-state index is -3.60. The summed E-state index contributed by atoms with van der Waals surface area (Å²) in [7, 11) is -1.84. The molecule has 1 fully saturated rings. The van der Waals surface area contributed by atoms with Gasteiger partial charge in [-0.1, -0.05) is 6.42 Å². The minimum Gasteiger partial charge on any atom is -0.395 e. The zero-order chi connectivity index (χ0) is 13.9. The van der Waals surface area contributed by atoms with Gasteiger partial charge in [-0.3, -0.25) is 0 Å². The summed E-state index contributed by atoms with van der Waals surface area (Å²) >= 11 is 0. The predicted octanol–water partition coefficient (Wildman–Crippen LogP) is -1.00. The zero-order valence-corrected chi connectivity index (χ0v) is 11.7. The first-order chi connectivity index (χ1) is 9.04. The van der Waals surface area contributed by atoms with E-state index >= 15 is 0 Å². The van der Waals surface area contributed by atoms with Gasteiger partial charge in [0.1, 0.15) is 12.2 Å². The maximum absolute atomic E-state index is 12.2. The molecule has 0 radical (unpaired) electrons. The van der Waals surface area contributed by atoms with Gasteiger partial charge in [-0.15, -0.1) is 10.2 Å². The number of hydrogen-bond donors (Lipinski definition) is 2. The van der Waals surface area contributed by atoms with Crippen LogP contribution in [0.5, 0.6) is 0 Å². The molecule has 1 saturated heterocycles. The van der Waals surface area contributed by atoms with E-state index in [1.807, 2.05) is 0 Å². The van der Waals surface area contributed by atoms with Gasteiger partial charge in [-0.2, -0.15) is 17.4 Å². The normalized spacial score (nSPS) is 21.7. The second kappa shape index (κ2) is 5.95. The molecule has 19 heavy (non-hydrogen) atoms. The number of aromatic nitrogens is 3. The fraction of sp³-hybridized carbons (Fsp3) is 0.800. The average molecular weight is 289 g/mol. The van der Waals surface area contributed by atoms with Gasteiger partial charge in [-0.25, -0.2) is 0 Å². The van der Waals surface area contributed by atoms with E-state index in [2.05, 4.69) is 14.9 Å². The van der Waals surface area contributed by atoms with Crippen LogP contribution in [0, 0.1) is 0 Å². The molecule has 0 spiro atoms. The predicted molar refractivity (Wildman–Crippen MR) is 68.2 cm³/mol. The molecule has 1 aliphatic heterocycles. The number of aryl methyl sites for hydroxylation is 1. The molecular weight excluding hydrogens is 270 g/mol. The van der Waals surface area contributed by atoms with Crippen LogP contribution in [0.3, 0.4) is 0 Å². The Morgan fingerprint density at radius 2 is 2.32 bits per heavy atom. The van der Waals surface area contributed by atoms with Crippen LogP contribution < -0.4 is 4.72 Å². The summed E-state index contributed by atoms with van der Waals surface area (Å²) in [5.41, 5.74) is 0. The molecule has 1 aliphatic rings. The maximum Gasteiger partial charge on any atom is 0.280 e. The Bertz CT molecular complexity index is 515. The average Bonchev–Trinajstić information content (AvgIpc) is 2.82. The Labute approximate surface area is 112 Å². The monoisotopic (exact) mass is 289 g/mol. The molecule has 0 saturated carbocycles. The molecule has 2 rings (SSSR count). The molecule has 9 heteroatoms. The molecule has 0 bridgehead atoms. The molecule has 0 aliphatic carbocycles. The number of nitrogens with zero attached hydrogens (tertiary/aromatic N) is 4. The van der Waals surface area contributed by atoms with Crippen molar-refractivity contribution in [1.29, 1.82) is 0 Å². The number of aliphatic hydroxyl groups excluding tert-OH is 1. The Morgan fingerprint density at radius 1 is 1.53 bits per heavy atom. The van der Waals surface area contributed by atoms with Crippen LogP contribution in [0.4, 0.5) is 0 Å². The van der Waals surface area contributed by atoms with Crippen molar-refractivity contribution in [2.75, 3.05) is 13.2 Å². The van der Waals surface area contributed by atoms with Crippen molar-refractivity contribution in [3.05, 3.63) is 12.2 Å². The van der Waals surface area contributed by atoms with Gasteiger partial charge in [0.25, 0.3) is 10.2 Å². The van der Waals surface area contributed by atoms with Gasteiger partial charge in [-0.05, 0) is 12.8 Å². The van der Waals surface area contributed by atoms with Crippen molar-refractivity contribution < 1.29 is 13.5 Å². The highest BCUT2D eigenvalue weighted by Gasteiger charge is 2.31. The molecule has 8 nitrogen and oxygen atoms in total. The molecule has 2 N–H and O–H groups in total. The molecular formula is C10H19N5O3S. The Kier molecular flexibility index (Phi) is 4.50. The molecule has 1 aromatic heterocycles. The van der Waals surface area contributed by atoms with E-state index in [0.717, 1.165) is 12.8 Å². The molecule has 1 unspecified atom stereocenters. The van der Waals surface area contributed by atoms with Crippen LogP contribution in [0.15, 0.2) is 6.33 Å². The van der Waals surface area contributed by atoms with Crippen molar-refractivity contribution in [1.82, 2.24) is 23.8 Å². The Hall–Kier alpha value is -1.03.